The third-order valence-electron chi connectivity index (χ3n) is 6.74. The van der Waals surface area contributed by atoms with Gasteiger partial charge in [-0.1, -0.05) is 122 Å². The lowest BCUT2D eigenvalue weighted by molar-refractivity contribution is 0.942. The molecule has 0 nitrogen and oxygen atoms in total. The third kappa shape index (κ3) is 5.43. The van der Waals surface area contributed by atoms with Crippen LogP contribution in [0.15, 0.2) is 92.4 Å². The van der Waals surface area contributed by atoms with Crippen molar-refractivity contribution in [3.05, 3.63) is 95.1 Å². The minimum Gasteiger partial charge on any atom is -0.142 e. The van der Waals surface area contributed by atoms with Crippen molar-refractivity contribution in [3.8, 4) is 22.3 Å². The highest BCUT2D eigenvalue weighted by molar-refractivity contribution is 8.76. The van der Waals surface area contributed by atoms with E-state index in [-0.39, 0.29) is 0 Å². The number of thiol groups is 2. The molecule has 4 heteroatoms. The van der Waals surface area contributed by atoms with Crippen molar-refractivity contribution >= 4 is 46.8 Å². The number of hydrogen-bond acceptors (Lipinski definition) is 4. The van der Waals surface area contributed by atoms with E-state index in [1.165, 1.54) is 54.3 Å². The standard InChI is InChI=1S/C32H34S4/c1-5-21-19-20-27(22-15-11-9-12-16-22)24(6-2)31(21)35-36-32-25(7-3)28(23-17-13-10-14-18-23)30(34)29(33)26(32)8-4/h9-20,33-34H,5-8H2,1-4H3. The lowest BCUT2D eigenvalue weighted by Crippen LogP contribution is -2.01. The molecule has 36 heavy (non-hydrogen) atoms. The Balaban J connectivity index is 1.85. The monoisotopic (exact) mass is 546 g/mol. The van der Waals surface area contributed by atoms with E-state index in [0.29, 0.717) is 0 Å². The second kappa shape index (κ2) is 12.7. The average molecular weight is 547 g/mol. The van der Waals surface area contributed by atoms with Gasteiger partial charge in [0.05, 0.1) is 0 Å². The molecule has 0 aliphatic heterocycles. The molecule has 0 N–H and O–H groups in total. The van der Waals surface area contributed by atoms with Crippen molar-refractivity contribution in [2.75, 3.05) is 0 Å². The van der Waals surface area contributed by atoms with E-state index in [1.54, 1.807) is 0 Å². The van der Waals surface area contributed by atoms with Gasteiger partial charge in [0.25, 0.3) is 0 Å². The maximum Gasteiger partial charge on any atom is 0.0268 e. The van der Waals surface area contributed by atoms with Gasteiger partial charge in [0.15, 0.2) is 0 Å². The van der Waals surface area contributed by atoms with Gasteiger partial charge in [0.1, 0.15) is 0 Å². The summed E-state index contributed by atoms with van der Waals surface area (Å²) in [7, 11) is 3.82. The third-order valence-corrected chi connectivity index (χ3v) is 10.5. The molecule has 0 saturated heterocycles. The van der Waals surface area contributed by atoms with E-state index in [4.69, 9.17) is 25.3 Å². The maximum atomic E-state index is 4.99. The van der Waals surface area contributed by atoms with Crippen molar-refractivity contribution in [2.45, 2.75) is 73.0 Å². The Morgan fingerprint density at radius 3 is 1.64 bits per heavy atom. The summed E-state index contributed by atoms with van der Waals surface area (Å²) < 4.78 is 0. The summed E-state index contributed by atoms with van der Waals surface area (Å²) in [6.07, 6.45) is 3.91. The highest BCUT2D eigenvalue weighted by Gasteiger charge is 2.22. The van der Waals surface area contributed by atoms with Gasteiger partial charge in [-0.05, 0) is 64.6 Å². The molecule has 4 aromatic carbocycles. The first-order valence-electron chi connectivity index (χ1n) is 12.7. The van der Waals surface area contributed by atoms with E-state index in [2.05, 4.69) is 100 Å². The fourth-order valence-electron chi connectivity index (χ4n) is 4.87. The largest absolute Gasteiger partial charge is 0.142 e. The predicted molar refractivity (Wildman–Crippen MR) is 167 cm³/mol. The number of benzene rings is 4. The minimum absolute atomic E-state index is 0.933. The second-order valence-electron chi connectivity index (χ2n) is 8.75. The Hall–Kier alpha value is -1.72. The normalized spacial score (nSPS) is 11.2. The van der Waals surface area contributed by atoms with Crippen molar-refractivity contribution < 1.29 is 0 Å². The molecule has 0 amide bonds. The van der Waals surface area contributed by atoms with Crippen LogP contribution >= 0.6 is 46.8 Å². The number of rotatable bonds is 9. The molecule has 0 bridgehead atoms. The van der Waals surface area contributed by atoms with Crippen molar-refractivity contribution in [3.63, 3.8) is 0 Å². The molecule has 0 fully saturated rings. The zero-order valence-electron chi connectivity index (χ0n) is 21.5. The molecule has 0 heterocycles. The summed E-state index contributed by atoms with van der Waals surface area (Å²) in [4.78, 5) is 4.75. The molecular weight excluding hydrogens is 513 g/mol. The van der Waals surface area contributed by atoms with Gasteiger partial charge in [-0.15, -0.1) is 25.3 Å². The molecule has 0 aromatic heterocycles. The van der Waals surface area contributed by atoms with E-state index in [0.717, 1.165) is 35.5 Å². The van der Waals surface area contributed by atoms with E-state index in [9.17, 15) is 0 Å². The van der Waals surface area contributed by atoms with Crippen molar-refractivity contribution in [1.82, 2.24) is 0 Å². The van der Waals surface area contributed by atoms with Crippen LogP contribution < -0.4 is 0 Å². The van der Waals surface area contributed by atoms with Crippen LogP contribution in [-0.2, 0) is 25.7 Å². The smallest absolute Gasteiger partial charge is 0.0268 e. The van der Waals surface area contributed by atoms with Gasteiger partial charge in [0, 0.05) is 25.1 Å². The lowest BCUT2D eigenvalue weighted by Gasteiger charge is -2.23. The summed E-state index contributed by atoms with van der Waals surface area (Å²) in [5.41, 5.74) is 10.6. The average Bonchev–Trinajstić information content (AvgIpc) is 2.93. The quantitative estimate of drug-likeness (QED) is 0.158. The van der Waals surface area contributed by atoms with Crippen LogP contribution in [0.3, 0.4) is 0 Å². The molecule has 4 aromatic rings. The summed E-state index contributed by atoms with van der Waals surface area (Å²) in [6, 6.07) is 26.1. The summed E-state index contributed by atoms with van der Waals surface area (Å²) in [5.74, 6) is 0. The highest BCUT2D eigenvalue weighted by Crippen LogP contribution is 2.50. The lowest BCUT2D eigenvalue weighted by atomic mass is 9.94. The molecule has 0 radical (unpaired) electrons. The SMILES string of the molecule is CCc1ccc(-c2ccccc2)c(CC)c1SSc1c(CC)c(S)c(S)c(-c2ccccc2)c1CC. The highest BCUT2D eigenvalue weighted by atomic mass is 33.1. The number of hydrogen-bond donors (Lipinski definition) is 2. The Bertz CT molecular complexity index is 1330. The summed E-state index contributed by atoms with van der Waals surface area (Å²) >= 11 is 9.97. The Morgan fingerprint density at radius 1 is 0.528 bits per heavy atom. The van der Waals surface area contributed by atoms with E-state index >= 15 is 0 Å². The van der Waals surface area contributed by atoms with Crippen molar-refractivity contribution in [2.24, 2.45) is 0 Å². The Morgan fingerprint density at radius 2 is 1.08 bits per heavy atom. The van der Waals surface area contributed by atoms with Crippen LogP contribution in [0.1, 0.15) is 49.9 Å². The molecular formula is C32H34S4. The number of aryl methyl sites for hydroxylation is 1. The first-order valence-corrected chi connectivity index (χ1v) is 15.8. The first kappa shape index (κ1) is 27.3. The Kier molecular flexibility index (Phi) is 9.63. The fourth-order valence-corrected chi connectivity index (χ4v) is 8.99. The molecule has 0 aliphatic carbocycles. The fraction of sp³-hybridized carbons (Fsp3) is 0.250. The summed E-state index contributed by atoms with van der Waals surface area (Å²) in [5, 5.41) is 0. The van der Waals surface area contributed by atoms with Crippen molar-refractivity contribution in [1.29, 1.82) is 0 Å². The van der Waals surface area contributed by atoms with Gasteiger partial charge in [0.2, 0.25) is 0 Å². The second-order valence-corrected chi connectivity index (χ2v) is 11.8. The van der Waals surface area contributed by atoms with Crippen LogP contribution in [0.2, 0.25) is 0 Å². The van der Waals surface area contributed by atoms with E-state index in [1.807, 2.05) is 21.6 Å². The van der Waals surface area contributed by atoms with Gasteiger partial charge in [-0.3, -0.25) is 0 Å². The van der Waals surface area contributed by atoms with Crippen LogP contribution in [0.5, 0.6) is 0 Å². The molecule has 0 spiro atoms. The van der Waals surface area contributed by atoms with Gasteiger partial charge in [-0.25, -0.2) is 0 Å². The zero-order chi connectivity index (χ0) is 25.7. The first-order chi connectivity index (χ1) is 17.5. The van der Waals surface area contributed by atoms with Crippen LogP contribution in [0, 0.1) is 0 Å². The Labute approximate surface area is 235 Å². The van der Waals surface area contributed by atoms with Crippen LogP contribution in [0.4, 0.5) is 0 Å². The maximum absolute atomic E-state index is 4.99. The molecule has 4 rings (SSSR count). The van der Waals surface area contributed by atoms with E-state index < -0.39 is 0 Å². The summed E-state index contributed by atoms with van der Waals surface area (Å²) in [6.45, 7) is 9.02. The molecule has 0 atom stereocenters. The van der Waals surface area contributed by atoms with Gasteiger partial charge in [-0.2, -0.15) is 0 Å². The van der Waals surface area contributed by atoms with Crippen LogP contribution in [0.25, 0.3) is 22.3 Å². The minimum atomic E-state index is 0.933. The molecule has 0 saturated carbocycles. The zero-order valence-corrected chi connectivity index (χ0v) is 24.9. The predicted octanol–water partition coefficient (Wildman–Crippen LogP) is 10.6. The molecule has 0 aliphatic rings. The van der Waals surface area contributed by atoms with Crippen LogP contribution in [-0.4, -0.2) is 0 Å². The molecule has 0 unspecified atom stereocenters. The topological polar surface area (TPSA) is 0 Å². The van der Waals surface area contributed by atoms with Gasteiger partial charge < -0.3 is 0 Å². The van der Waals surface area contributed by atoms with Gasteiger partial charge >= 0.3 is 0 Å². The molecule has 186 valence electrons.